The number of fused-ring (bicyclic) bond motifs is 1. The van der Waals surface area contributed by atoms with Gasteiger partial charge in [0, 0.05) is 50.4 Å². The summed E-state index contributed by atoms with van der Waals surface area (Å²) in [5, 5.41) is 6.14. The number of nitrogens with zero attached hydrogens (tertiary/aromatic N) is 4. The van der Waals surface area contributed by atoms with Crippen molar-refractivity contribution in [2.75, 3.05) is 51.7 Å². The maximum Gasteiger partial charge on any atom is 0.291 e. The van der Waals surface area contributed by atoms with E-state index in [0.717, 1.165) is 13.1 Å². The van der Waals surface area contributed by atoms with Gasteiger partial charge < -0.3 is 29.7 Å². The van der Waals surface area contributed by atoms with Crippen LogP contribution in [0.25, 0.3) is 11.3 Å². The van der Waals surface area contributed by atoms with Crippen molar-refractivity contribution >= 4 is 35.0 Å². The molecule has 0 bridgehead atoms. The lowest BCUT2D eigenvalue weighted by Gasteiger charge is -2.35. The van der Waals surface area contributed by atoms with Crippen molar-refractivity contribution in [3.63, 3.8) is 0 Å². The van der Waals surface area contributed by atoms with Gasteiger partial charge in [0.2, 0.25) is 11.7 Å². The molecule has 3 fully saturated rings. The molecule has 1 aromatic heterocycles. The molecule has 1 aliphatic carbocycles. The fraction of sp³-hybridized carbons (Fsp3) is 0.379. The first-order valence-electron chi connectivity index (χ1n) is 13.6. The van der Waals surface area contributed by atoms with E-state index in [-0.39, 0.29) is 51.1 Å². The van der Waals surface area contributed by atoms with Crippen LogP contribution in [0.2, 0.25) is 5.02 Å². The maximum atomic E-state index is 14.6. The van der Waals surface area contributed by atoms with Gasteiger partial charge in [-0.1, -0.05) is 11.6 Å². The molecule has 220 valence electrons. The zero-order chi connectivity index (χ0) is 29.7. The number of carbonyl (C=O) groups excluding carboxylic acids is 3. The number of imidazole rings is 1. The minimum atomic E-state index is -1.14. The van der Waals surface area contributed by atoms with Crippen molar-refractivity contribution < 1.29 is 27.9 Å². The molecule has 2 N–H and O–H groups in total. The van der Waals surface area contributed by atoms with E-state index in [1.165, 1.54) is 49.2 Å². The number of halogens is 3. The molecular formula is C29H29ClF2N6O4. The van der Waals surface area contributed by atoms with Crippen LogP contribution in [-0.4, -0.2) is 83.5 Å². The van der Waals surface area contributed by atoms with Crippen LogP contribution in [0.15, 0.2) is 36.5 Å². The summed E-state index contributed by atoms with van der Waals surface area (Å²) in [6.45, 7) is 3.61. The standard InChI is InChI=1S/C29H29ClF2N6O4/c1-36-21(17-5-6-22(42-2)25(32)24(17)31)14-34-26(36)27(39)35-15-3-4-16(20(30)11-15)28(40)37-7-9-38(10-8-37)29(41)23-18-12-33-13-19(18)23/h3-6,11,14,18-19,23,33H,7-10,12-13H2,1-2H3,(H,35,39)/t18-,19+,23?. The molecule has 3 aliphatic rings. The highest BCUT2D eigenvalue weighted by molar-refractivity contribution is 6.34. The molecule has 3 atom stereocenters. The van der Waals surface area contributed by atoms with Gasteiger partial charge in [0.25, 0.3) is 11.8 Å². The fourth-order valence-corrected chi connectivity index (χ4v) is 6.27. The number of benzene rings is 2. The Kier molecular flexibility index (Phi) is 7.36. The number of carbonyl (C=O) groups is 3. The molecular weight excluding hydrogens is 570 g/mol. The largest absolute Gasteiger partial charge is 0.494 e. The Bertz CT molecular complexity index is 1580. The minimum absolute atomic E-state index is 0.0459. The molecule has 3 aromatic rings. The molecule has 1 saturated carbocycles. The third-order valence-corrected chi connectivity index (χ3v) is 8.76. The first-order valence-corrected chi connectivity index (χ1v) is 14.0. The van der Waals surface area contributed by atoms with E-state index in [4.69, 9.17) is 16.3 Å². The van der Waals surface area contributed by atoms with Crippen molar-refractivity contribution in [2.24, 2.45) is 24.8 Å². The molecule has 13 heteroatoms. The van der Waals surface area contributed by atoms with Gasteiger partial charge in [0.05, 0.1) is 29.6 Å². The van der Waals surface area contributed by atoms with Gasteiger partial charge in [-0.25, -0.2) is 9.37 Å². The Morgan fingerprint density at radius 1 is 1.02 bits per heavy atom. The molecule has 2 aromatic carbocycles. The number of hydrogen-bond donors (Lipinski definition) is 2. The monoisotopic (exact) mass is 598 g/mol. The Morgan fingerprint density at radius 2 is 1.71 bits per heavy atom. The number of amides is 3. The van der Waals surface area contributed by atoms with Crippen LogP contribution in [-0.2, 0) is 11.8 Å². The number of aromatic nitrogens is 2. The van der Waals surface area contributed by atoms with Crippen LogP contribution in [0.4, 0.5) is 14.5 Å². The van der Waals surface area contributed by atoms with Gasteiger partial charge in [0.1, 0.15) is 0 Å². The van der Waals surface area contributed by atoms with Crippen LogP contribution in [0.5, 0.6) is 5.75 Å². The average molecular weight is 599 g/mol. The highest BCUT2D eigenvalue weighted by Gasteiger charge is 2.58. The molecule has 42 heavy (non-hydrogen) atoms. The number of anilines is 1. The van der Waals surface area contributed by atoms with E-state index in [1.54, 1.807) is 11.0 Å². The molecule has 2 saturated heterocycles. The Labute approximate surface area is 245 Å². The second-order valence-electron chi connectivity index (χ2n) is 10.7. The summed E-state index contributed by atoms with van der Waals surface area (Å²) in [5.74, 6) is -2.17. The summed E-state index contributed by atoms with van der Waals surface area (Å²) in [6.07, 6.45) is 1.27. The van der Waals surface area contributed by atoms with Gasteiger partial charge in [-0.05, 0) is 55.3 Å². The van der Waals surface area contributed by atoms with E-state index in [1.807, 2.05) is 4.90 Å². The van der Waals surface area contributed by atoms with E-state index < -0.39 is 17.5 Å². The Balaban J connectivity index is 1.09. The van der Waals surface area contributed by atoms with Crippen LogP contribution in [0.1, 0.15) is 21.0 Å². The van der Waals surface area contributed by atoms with Gasteiger partial charge >= 0.3 is 0 Å². The lowest BCUT2D eigenvalue weighted by molar-refractivity contribution is -0.134. The molecule has 6 rings (SSSR count). The summed E-state index contributed by atoms with van der Waals surface area (Å²) >= 11 is 6.45. The molecule has 3 amide bonds. The molecule has 3 heterocycles. The van der Waals surface area contributed by atoms with Crippen molar-refractivity contribution in [2.45, 2.75) is 0 Å². The second kappa shape index (κ2) is 11.0. The van der Waals surface area contributed by atoms with Crippen LogP contribution >= 0.6 is 11.6 Å². The lowest BCUT2D eigenvalue weighted by Crippen LogP contribution is -2.51. The number of rotatable bonds is 6. The van der Waals surface area contributed by atoms with E-state index in [0.29, 0.717) is 43.7 Å². The quantitative estimate of drug-likeness (QED) is 0.452. The summed E-state index contributed by atoms with van der Waals surface area (Å²) in [5.41, 5.74) is 0.726. The first-order chi connectivity index (χ1) is 20.2. The average Bonchev–Trinajstić information content (AvgIpc) is 3.26. The highest BCUT2D eigenvalue weighted by atomic mass is 35.5. The second-order valence-corrected chi connectivity index (χ2v) is 11.2. The van der Waals surface area contributed by atoms with E-state index in [9.17, 15) is 23.2 Å². The molecule has 1 unspecified atom stereocenters. The molecule has 2 aliphatic heterocycles. The van der Waals surface area contributed by atoms with Crippen LogP contribution in [0.3, 0.4) is 0 Å². The van der Waals surface area contributed by atoms with Gasteiger partial charge in [-0.3, -0.25) is 14.4 Å². The van der Waals surface area contributed by atoms with Crippen molar-refractivity contribution in [3.8, 4) is 17.0 Å². The Hall–Kier alpha value is -4.03. The molecule has 0 spiro atoms. The number of piperidine rings is 1. The summed E-state index contributed by atoms with van der Waals surface area (Å²) in [4.78, 5) is 46.6. The number of methoxy groups -OCH3 is 1. The smallest absolute Gasteiger partial charge is 0.291 e. The van der Waals surface area contributed by atoms with E-state index >= 15 is 0 Å². The summed E-state index contributed by atoms with van der Waals surface area (Å²) in [6, 6.07) is 7.20. The minimum Gasteiger partial charge on any atom is -0.494 e. The van der Waals surface area contributed by atoms with Gasteiger partial charge in [-0.15, -0.1) is 0 Å². The topological polar surface area (TPSA) is 109 Å². The van der Waals surface area contributed by atoms with Gasteiger partial charge in [0.15, 0.2) is 17.4 Å². The van der Waals surface area contributed by atoms with Crippen LogP contribution < -0.4 is 15.4 Å². The number of piperazine rings is 1. The zero-order valence-corrected chi connectivity index (χ0v) is 23.8. The predicted octanol–water partition coefficient (Wildman–Crippen LogP) is 3.03. The van der Waals surface area contributed by atoms with E-state index in [2.05, 4.69) is 15.6 Å². The van der Waals surface area contributed by atoms with Crippen LogP contribution in [0, 0.1) is 29.4 Å². The zero-order valence-electron chi connectivity index (χ0n) is 23.0. The third kappa shape index (κ3) is 4.88. The normalized spacial score (nSPS) is 21.2. The summed E-state index contributed by atoms with van der Waals surface area (Å²) in [7, 11) is 2.74. The SMILES string of the molecule is COc1ccc(-c2cnc(C(=O)Nc3ccc(C(=O)N4CCN(C(=O)C5[C@H]6CNC[C@@H]56)CC4)c(Cl)c3)n2C)c(F)c1F. The predicted molar refractivity (Wildman–Crippen MR) is 150 cm³/mol. The summed E-state index contributed by atoms with van der Waals surface area (Å²) < 4.78 is 35.0. The van der Waals surface area contributed by atoms with Crippen molar-refractivity contribution in [1.29, 1.82) is 0 Å². The fourth-order valence-electron chi connectivity index (χ4n) is 6.01. The number of nitrogens with one attached hydrogen (secondary N) is 2. The maximum absolute atomic E-state index is 14.6. The number of ether oxygens (including phenoxy) is 1. The lowest BCUT2D eigenvalue weighted by atomic mass is 10.1. The molecule has 0 radical (unpaired) electrons. The first kappa shape index (κ1) is 28.1. The molecule has 10 nitrogen and oxygen atoms in total. The Morgan fingerprint density at radius 3 is 2.38 bits per heavy atom. The van der Waals surface area contributed by atoms with Crippen molar-refractivity contribution in [1.82, 2.24) is 24.7 Å². The highest BCUT2D eigenvalue weighted by Crippen LogP contribution is 2.49. The number of hydrogen-bond acceptors (Lipinski definition) is 6. The van der Waals surface area contributed by atoms with Gasteiger partial charge in [-0.2, -0.15) is 4.39 Å². The van der Waals surface area contributed by atoms with Crippen molar-refractivity contribution in [3.05, 3.63) is 64.6 Å². The third-order valence-electron chi connectivity index (χ3n) is 8.45.